The summed E-state index contributed by atoms with van der Waals surface area (Å²) in [4.78, 5) is 0. The predicted molar refractivity (Wildman–Crippen MR) is 193 cm³/mol. The van der Waals surface area contributed by atoms with E-state index >= 15 is 0 Å². The molecule has 0 amide bonds. The minimum absolute atomic E-state index is 0. The summed E-state index contributed by atoms with van der Waals surface area (Å²) in [7, 11) is -3.19. The molecule has 4 fully saturated rings. The Morgan fingerprint density at radius 3 is 1.05 bits per heavy atom. The first kappa shape index (κ1) is 46.7. The van der Waals surface area contributed by atoms with Crippen molar-refractivity contribution in [2.45, 2.75) is 170 Å². The largest absolute Gasteiger partial charge is 0.416 e. The molecule has 0 radical (unpaired) electrons. The molecule has 0 heterocycles. The van der Waals surface area contributed by atoms with E-state index in [2.05, 4.69) is 6.92 Å². The summed E-state index contributed by atoms with van der Waals surface area (Å²) in [6, 6.07) is 1.95. The second-order valence-corrected chi connectivity index (χ2v) is 21.2. The summed E-state index contributed by atoms with van der Waals surface area (Å²) in [6.45, 7) is 2.09. The molecule has 2 aromatic carbocycles. The second-order valence-electron chi connectivity index (χ2n) is 15.6. The van der Waals surface area contributed by atoms with E-state index in [0.717, 1.165) is 64.2 Å². The van der Waals surface area contributed by atoms with Crippen LogP contribution in [0.5, 0.6) is 0 Å². The van der Waals surface area contributed by atoms with Gasteiger partial charge in [0, 0.05) is 17.1 Å². The molecule has 4 saturated carbocycles. The number of benzene rings is 2. The van der Waals surface area contributed by atoms with Gasteiger partial charge in [0.2, 0.25) is 0 Å². The molecule has 0 nitrogen and oxygen atoms in total. The zero-order valence-corrected chi connectivity index (χ0v) is 33.8. The van der Waals surface area contributed by atoms with Gasteiger partial charge < -0.3 is 0 Å². The van der Waals surface area contributed by atoms with Gasteiger partial charge >= 0.3 is 24.7 Å². The molecule has 0 N–H and O–H groups in total. The number of rotatable bonds is 7. The number of hydrogen-bond donors (Lipinski definition) is 0. The zero-order chi connectivity index (χ0) is 39.5. The Balaban J connectivity index is 0.00000104. The van der Waals surface area contributed by atoms with Gasteiger partial charge in [0.1, 0.15) is 0 Å². The van der Waals surface area contributed by atoms with Crippen LogP contribution in [0.3, 0.4) is 0 Å². The summed E-state index contributed by atoms with van der Waals surface area (Å²) in [5.74, 6) is -0.270. The summed E-state index contributed by atoms with van der Waals surface area (Å²) < 4.78 is 169. The quantitative estimate of drug-likeness (QED) is 0.148. The summed E-state index contributed by atoms with van der Waals surface area (Å²) in [5.41, 5.74) is -6.38. The Kier molecular flexibility index (Phi) is 16.4. The first-order chi connectivity index (χ1) is 25.2. The van der Waals surface area contributed by atoms with E-state index in [9.17, 15) is 52.7 Å². The minimum Gasteiger partial charge on any atom is -0.166 e. The SMILES string of the molecule is C1CCCC1.CC(C1CCCC1P(c1cc(C(F)(F)F)cc(C(F)(F)F)c1)c1cc(C(F)(F)F)cc(C(F)(F)F)c1)P(C1CCCCC1)C1CCCCC1.[Fe]. The smallest absolute Gasteiger partial charge is 0.166 e. The van der Waals surface area contributed by atoms with E-state index < -0.39 is 79.1 Å². The number of alkyl halides is 12. The van der Waals surface area contributed by atoms with Crippen LogP contribution < -0.4 is 10.6 Å². The van der Waals surface area contributed by atoms with E-state index in [1.165, 1.54) is 32.1 Å². The van der Waals surface area contributed by atoms with Crippen molar-refractivity contribution in [2.75, 3.05) is 0 Å². The van der Waals surface area contributed by atoms with Crippen molar-refractivity contribution in [3.05, 3.63) is 58.7 Å². The molecule has 0 aromatic heterocycles. The molecule has 0 aliphatic heterocycles. The summed E-state index contributed by atoms with van der Waals surface area (Å²) in [5, 5.41) is -1.01. The van der Waals surface area contributed by atoms with Crippen LogP contribution in [-0.2, 0) is 41.8 Å². The van der Waals surface area contributed by atoms with E-state index in [4.69, 9.17) is 0 Å². The zero-order valence-electron chi connectivity index (χ0n) is 30.9. The Labute approximate surface area is 329 Å². The average Bonchev–Trinajstić information content (AvgIpc) is 3.84. The fourth-order valence-electron chi connectivity index (χ4n) is 9.37. The van der Waals surface area contributed by atoms with Gasteiger partial charge in [-0.25, -0.2) is 0 Å². The van der Waals surface area contributed by atoms with Crippen molar-refractivity contribution in [1.29, 1.82) is 0 Å². The van der Waals surface area contributed by atoms with Crippen LogP contribution in [0.4, 0.5) is 52.7 Å². The van der Waals surface area contributed by atoms with Crippen molar-refractivity contribution in [2.24, 2.45) is 5.92 Å². The molecule has 0 spiro atoms. The molecule has 55 heavy (non-hydrogen) atoms. The van der Waals surface area contributed by atoms with Crippen molar-refractivity contribution < 1.29 is 69.8 Å². The van der Waals surface area contributed by atoms with Crippen molar-refractivity contribution >= 4 is 26.5 Å². The fraction of sp³-hybridized carbons (Fsp3) is 0.700. The molecule has 0 saturated heterocycles. The Hall–Kier alpha value is -1.02. The Morgan fingerprint density at radius 1 is 0.436 bits per heavy atom. The first-order valence-corrected chi connectivity index (χ1v) is 22.4. The van der Waals surface area contributed by atoms with Crippen LogP contribution in [0.1, 0.15) is 145 Å². The summed E-state index contributed by atoms with van der Waals surface area (Å²) in [6.07, 6.45) is -1.42. The van der Waals surface area contributed by atoms with Gasteiger partial charge in [-0.3, -0.25) is 0 Å². The van der Waals surface area contributed by atoms with Gasteiger partial charge in [-0.1, -0.05) is 91.9 Å². The van der Waals surface area contributed by atoms with Gasteiger partial charge in [0.25, 0.3) is 0 Å². The summed E-state index contributed by atoms with van der Waals surface area (Å²) >= 11 is 0. The van der Waals surface area contributed by atoms with E-state index in [1.54, 1.807) is 0 Å². The van der Waals surface area contributed by atoms with Crippen LogP contribution >= 0.6 is 15.8 Å². The van der Waals surface area contributed by atoms with Gasteiger partial charge in [-0.2, -0.15) is 52.7 Å². The van der Waals surface area contributed by atoms with Gasteiger partial charge in [0.05, 0.1) is 22.3 Å². The topological polar surface area (TPSA) is 0 Å². The molecule has 6 rings (SSSR count). The maximum Gasteiger partial charge on any atom is 0.416 e. The third-order valence-corrected chi connectivity index (χ3v) is 18.9. The van der Waals surface area contributed by atoms with Crippen LogP contribution in [0.25, 0.3) is 0 Å². The Morgan fingerprint density at radius 2 is 0.745 bits per heavy atom. The maximum atomic E-state index is 14.1. The molecule has 3 atom stereocenters. The number of hydrogen-bond acceptors (Lipinski definition) is 0. The second kappa shape index (κ2) is 19.4. The standard InChI is InChI=1S/C35H40F12P2.C5H10.Fe/c1-21(48(26-9-4-2-5-10-26)27-11-6-3-7-12-27)30-13-8-14-31(30)49(28-17-22(32(36,37)38)15-23(18-28)33(39,40)41)29-19-24(34(42,43)44)16-25(20-29)35(45,46)47;1-2-4-5-3-1;/h15-21,26-27,30-31H,2-14H2,1H3;1-5H2;. The monoisotopic (exact) mass is 876 g/mol. The van der Waals surface area contributed by atoms with Crippen LogP contribution in [0.15, 0.2) is 36.4 Å². The molecule has 4 aliphatic rings. The van der Waals surface area contributed by atoms with Crippen LogP contribution in [0.2, 0.25) is 0 Å². The van der Waals surface area contributed by atoms with Gasteiger partial charge in [-0.15, -0.1) is 0 Å². The van der Waals surface area contributed by atoms with Crippen molar-refractivity contribution in [3.8, 4) is 0 Å². The van der Waals surface area contributed by atoms with Gasteiger partial charge in [0.15, 0.2) is 0 Å². The third kappa shape index (κ3) is 12.3. The van der Waals surface area contributed by atoms with Crippen molar-refractivity contribution in [3.63, 3.8) is 0 Å². The van der Waals surface area contributed by atoms with Crippen molar-refractivity contribution in [1.82, 2.24) is 0 Å². The molecule has 2 aromatic rings. The molecule has 0 bridgehead atoms. The minimum atomic E-state index is -5.24. The molecular weight excluding hydrogens is 826 g/mol. The molecule has 3 unspecified atom stereocenters. The van der Waals surface area contributed by atoms with Crippen LogP contribution in [0, 0.1) is 5.92 Å². The molecule has 15 heteroatoms. The molecule has 312 valence electrons. The maximum absolute atomic E-state index is 14.1. The average molecular weight is 877 g/mol. The fourth-order valence-corrected chi connectivity index (χ4v) is 17.6. The normalized spacial score (nSPS) is 22.7. The predicted octanol–water partition coefficient (Wildman–Crippen LogP) is 14.8. The van der Waals surface area contributed by atoms with Crippen LogP contribution in [-0.4, -0.2) is 22.6 Å². The molecule has 4 aliphatic carbocycles. The number of halogens is 12. The van der Waals surface area contributed by atoms with E-state index in [1.807, 2.05) is 0 Å². The third-order valence-electron chi connectivity index (χ3n) is 11.9. The van der Waals surface area contributed by atoms with Gasteiger partial charge in [-0.05, 0) is 122 Å². The Bertz CT molecular complexity index is 1340. The molecular formula is C40H50F12FeP2. The first-order valence-electron chi connectivity index (χ1n) is 19.4. The van der Waals surface area contributed by atoms with E-state index in [-0.39, 0.29) is 47.2 Å². The van der Waals surface area contributed by atoms with E-state index in [0.29, 0.717) is 48.4 Å².